The number of carbonyl (C=O) groups excluding carboxylic acids is 1. The van der Waals surface area contributed by atoms with Crippen LogP contribution in [0.2, 0.25) is 0 Å². The molecule has 0 atom stereocenters. The van der Waals surface area contributed by atoms with Crippen LogP contribution in [0.15, 0.2) is 53.4 Å². The van der Waals surface area contributed by atoms with Crippen molar-refractivity contribution in [3.63, 3.8) is 0 Å². The summed E-state index contributed by atoms with van der Waals surface area (Å²) in [5, 5.41) is 0. The first-order valence-electron chi connectivity index (χ1n) is 7.83. The molecule has 0 bridgehead atoms. The molecule has 2 aromatic carbocycles. The standard InChI is InChI=1S/C18H20N2O3S/c1-19(2)24(22,23)16-10-5-8-15(13-16)18(21)20-12-6-9-14-7-3-4-11-17(14)20/h3-5,7-8,10-11,13H,6,9,12H2,1-2H3. The van der Waals surface area contributed by atoms with Gasteiger partial charge in [0.1, 0.15) is 0 Å². The summed E-state index contributed by atoms with van der Waals surface area (Å²) in [6, 6.07) is 14.1. The second kappa shape index (κ2) is 6.37. The fourth-order valence-corrected chi connectivity index (χ4v) is 3.85. The predicted octanol–water partition coefficient (Wildman–Crippen LogP) is 2.53. The van der Waals surface area contributed by atoms with Crippen molar-refractivity contribution >= 4 is 21.6 Å². The lowest BCUT2D eigenvalue weighted by atomic mass is 10.0. The maximum absolute atomic E-state index is 12.9. The van der Waals surface area contributed by atoms with Crippen LogP contribution in [0.25, 0.3) is 0 Å². The Hall–Kier alpha value is -2.18. The Balaban J connectivity index is 1.98. The first kappa shape index (κ1) is 16.7. The Kier molecular flexibility index (Phi) is 4.43. The van der Waals surface area contributed by atoms with Gasteiger partial charge in [-0.3, -0.25) is 4.79 Å². The molecule has 0 N–H and O–H groups in total. The van der Waals surface area contributed by atoms with Gasteiger partial charge in [-0.15, -0.1) is 0 Å². The van der Waals surface area contributed by atoms with Crippen molar-refractivity contribution in [2.45, 2.75) is 17.7 Å². The molecule has 0 saturated heterocycles. The highest BCUT2D eigenvalue weighted by molar-refractivity contribution is 7.89. The van der Waals surface area contributed by atoms with Crippen molar-refractivity contribution in [1.29, 1.82) is 0 Å². The van der Waals surface area contributed by atoms with E-state index in [-0.39, 0.29) is 10.8 Å². The first-order valence-corrected chi connectivity index (χ1v) is 9.27. The van der Waals surface area contributed by atoms with E-state index in [0.717, 1.165) is 28.4 Å². The minimum absolute atomic E-state index is 0.128. The monoisotopic (exact) mass is 344 g/mol. The lowest BCUT2D eigenvalue weighted by Crippen LogP contribution is -2.35. The van der Waals surface area contributed by atoms with E-state index in [1.54, 1.807) is 17.0 Å². The van der Waals surface area contributed by atoms with Crippen molar-refractivity contribution in [2.75, 3.05) is 25.5 Å². The third-order valence-electron chi connectivity index (χ3n) is 4.21. The van der Waals surface area contributed by atoms with E-state index in [1.807, 2.05) is 24.3 Å². The molecule has 1 amide bonds. The minimum atomic E-state index is -3.56. The molecule has 0 unspecified atom stereocenters. The third-order valence-corrected chi connectivity index (χ3v) is 6.03. The van der Waals surface area contributed by atoms with Crippen LogP contribution in [0.1, 0.15) is 22.3 Å². The van der Waals surface area contributed by atoms with Crippen LogP contribution in [-0.4, -0.2) is 39.3 Å². The van der Waals surface area contributed by atoms with Gasteiger partial charge in [-0.2, -0.15) is 0 Å². The van der Waals surface area contributed by atoms with Gasteiger partial charge in [0.2, 0.25) is 10.0 Å². The molecule has 0 fully saturated rings. The average molecular weight is 344 g/mol. The highest BCUT2D eigenvalue weighted by Gasteiger charge is 2.25. The number of hydrogen-bond donors (Lipinski definition) is 0. The van der Waals surface area contributed by atoms with Gasteiger partial charge in [-0.05, 0) is 42.7 Å². The molecule has 0 spiro atoms. The molecule has 126 valence electrons. The number of para-hydroxylation sites is 1. The number of benzene rings is 2. The number of sulfonamides is 1. The lowest BCUT2D eigenvalue weighted by Gasteiger charge is -2.29. The van der Waals surface area contributed by atoms with Gasteiger partial charge in [0.25, 0.3) is 5.91 Å². The van der Waals surface area contributed by atoms with Gasteiger partial charge in [-0.25, -0.2) is 12.7 Å². The molecule has 1 aliphatic heterocycles. The van der Waals surface area contributed by atoms with E-state index in [2.05, 4.69) is 0 Å². The molecule has 24 heavy (non-hydrogen) atoms. The summed E-state index contributed by atoms with van der Waals surface area (Å²) in [4.78, 5) is 14.8. The van der Waals surface area contributed by atoms with E-state index in [0.29, 0.717) is 12.1 Å². The number of anilines is 1. The highest BCUT2D eigenvalue weighted by Crippen LogP contribution is 2.28. The molecular formula is C18H20N2O3S. The number of fused-ring (bicyclic) bond motifs is 1. The molecule has 1 heterocycles. The van der Waals surface area contributed by atoms with Crippen molar-refractivity contribution in [1.82, 2.24) is 4.31 Å². The van der Waals surface area contributed by atoms with Gasteiger partial charge in [-0.1, -0.05) is 24.3 Å². The summed E-state index contributed by atoms with van der Waals surface area (Å²) >= 11 is 0. The van der Waals surface area contributed by atoms with Crippen LogP contribution in [0.5, 0.6) is 0 Å². The number of aryl methyl sites for hydroxylation is 1. The summed E-state index contributed by atoms with van der Waals surface area (Å²) in [6.07, 6.45) is 1.85. The maximum Gasteiger partial charge on any atom is 0.258 e. The lowest BCUT2D eigenvalue weighted by molar-refractivity contribution is 0.0985. The predicted molar refractivity (Wildman–Crippen MR) is 93.8 cm³/mol. The minimum Gasteiger partial charge on any atom is -0.308 e. The molecule has 5 nitrogen and oxygen atoms in total. The Labute approximate surface area is 142 Å². The summed E-state index contributed by atoms with van der Waals surface area (Å²) in [5.74, 6) is -0.169. The molecule has 3 rings (SSSR count). The number of amides is 1. The quantitative estimate of drug-likeness (QED) is 0.860. The topological polar surface area (TPSA) is 57.7 Å². The molecule has 6 heteroatoms. The van der Waals surface area contributed by atoms with Crippen molar-refractivity contribution < 1.29 is 13.2 Å². The Morgan fingerprint density at radius 2 is 1.83 bits per heavy atom. The van der Waals surface area contributed by atoms with Crippen LogP contribution < -0.4 is 4.90 Å². The zero-order valence-electron chi connectivity index (χ0n) is 13.8. The largest absolute Gasteiger partial charge is 0.308 e. The van der Waals surface area contributed by atoms with Crippen LogP contribution >= 0.6 is 0 Å². The number of rotatable bonds is 3. The number of nitrogens with zero attached hydrogens (tertiary/aromatic N) is 2. The van der Waals surface area contributed by atoms with Gasteiger partial charge in [0.05, 0.1) is 4.90 Å². The molecule has 0 aromatic heterocycles. The molecular weight excluding hydrogens is 324 g/mol. The summed E-state index contributed by atoms with van der Waals surface area (Å²) in [6.45, 7) is 0.639. The fourth-order valence-electron chi connectivity index (χ4n) is 2.90. The maximum atomic E-state index is 12.9. The van der Waals surface area contributed by atoms with Crippen LogP contribution in [-0.2, 0) is 16.4 Å². The zero-order valence-corrected chi connectivity index (χ0v) is 14.6. The summed E-state index contributed by atoms with van der Waals surface area (Å²) in [7, 11) is -0.608. The van der Waals surface area contributed by atoms with Crippen molar-refractivity contribution in [3.05, 3.63) is 59.7 Å². The smallest absolute Gasteiger partial charge is 0.258 e. The van der Waals surface area contributed by atoms with Gasteiger partial charge in [0.15, 0.2) is 0 Å². The van der Waals surface area contributed by atoms with E-state index in [4.69, 9.17) is 0 Å². The Morgan fingerprint density at radius 1 is 1.08 bits per heavy atom. The Bertz CT molecular complexity index is 875. The third kappa shape index (κ3) is 2.95. The van der Waals surface area contributed by atoms with Gasteiger partial charge in [0, 0.05) is 31.9 Å². The normalized spacial score (nSPS) is 14.5. The summed E-state index contributed by atoms with van der Waals surface area (Å²) in [5.41, 5.74) is 2.44. The van der Waals surface area contributed by atoms with Crippen molar-refractivity contribution in [2.24, 2.45) is 0 Å². The first-order chi connectivity index (χ1) is 11.4. The highest BCUT2D eigenvalue weighted by atomic mass is 32.2. The second-order valence-electron chi connectivity index (χ2n) is 6.00. The average Bonchev–Trinajstić information content (AvgIpc) is 2.60. The SMILES string of the molecule is CN(C)S(=O)(=O)c1cccc(C(=O)N2CCCc3ccccc32)c1. The summed E-state index contributed by atoms with van der Waals surface area (Å²) < 4.78 is 25.7. The van der Waals surface area contributed by atoms with Gasteiger partial charge >= 0.3 is 0 Å². The van der Waals surface area contributed by atoms with Crippen LogP contribution in [0, 0.1) is 0 Å². The molecule has 2 aromatic rings. The molecule has 1 aliphatic rings. The molecule has 0 aliphatic carbocycles. The van der Waals surface area contributed by atoms with Crippen molar-refractivity contribution in [3.8, 4) is 0 Å². The zero-order chi connectivity index (χ0) is 17.3. The van der Waals surface area contributed by atoms with E-state index < -0.39 is 10.0 Å². The fraction of sp³-hybridized carbons (Fsp3) is 0.278. The van der Waals surface area contributed by atoms with E-state index in [9.17, 15) is 13.2 Å². The second-order valence-corrected chi connectivity index (χ2v) is 8.16. The van der Waals surface area contributed by atoms with Gasteiger partial charge < -0.3 is 4.90 Å². The Morgan fingerprint density at radius 3 is 2.58 bits per heavy atom. The molecule has 0 radical (unpaired) electrons. The molecule has 0 saturated carbocycles. The van der Waals surface area contributed by atoms with E-state index >= 15 is 0 Å². The van der Waals surface area contributed by atoms with Crippen LogP contribution in [0.3, 0.4) is 0 Å². The van der Waals surface area contributed by atoms with E-state index in [1.165, 1.54) is 26.2 Å². The number of hydrogen-bond acceptors (Lipinski definition) is 3. The number of carbonyl (C=O) groups is 1. The van der Waals surface area contributed by atoms with Crippen LogP contribution in [0.4, 0.5) is 5.69 Å².